The predicted octanol–water partition coefficient (Wildman–Crippen LogP) is 5.63. The van der Waals surface area contributed by atoms with Gasteiger partial charge in [-0.2, -0.15) is 0 Å². The Morgan fingerprint density at radius 2 is 1.58 bits per heavy atom. The van der Waals surface area contributed by atoms with E-state index in [0.29, 0.717) is 29.3 Å². The van der Waals surface area contributed by atoms with Crippen LogP contribution in [0.25, 0.3) is 5.57 Å². The van der Waals surface area contributed by atoms with Gasteiger partial charge in [-0.25, -0.2) is 9.29 Å². The molecular weight excluding hydrogens is 419 g/mol. The van der Waals surface area contributed by atoms with Gasteiger partial charge in [0.05, 0.1) is 17.9 Å². The highest BCUT2D eigenvalue weighted by molar-refractivity contribution is 6.46. The molecular formula is C27H25FN2O3. The molecule has 0 atom stereocenters. The molecule has 0 spiro atoms. The van der Waals surface area contributed by atoms with Gasteiger partial charge < -0.3 is 10.1 Å². The minimum Gasteiger partial charge on any atom is -0.494 e. The van der Waals surface area contributed by atoms with E-state index in [1.807, 2.05) is 39.0 Å². The molecule has 168 valence electrons. The van der Waals surface area contributed by atoms with Gasteiger partial charge in [0, 0.05) is 5.69 Å². The molecule has 1 heterocycles. The average molecular weight is 445 g/mol. The Kier molecular flexibility index (Phi) is 6.27. The fourth-order valence-corrected chi connectivity index (χ4v) is 3.64. The van der Waals surface area contributed by atoms with Crippen molar-refractivity contribution in [1.82, 2.24) is 0 Å². The van der Waals surface area contributed by atoms with Crippen LogP contribution in [-0.2, 0) is 9.59 Å². The topological polar surface area (TPSA) is 58.6 Å². The monoisotopic (exact) mass is 444 g/mol. The summed E-state index contributed by atoms with van der Waals surface area (Å²) in [5.74, 6) is -0.717. The van der Waals surface area contributed by atoms with Crippen molar-refractivity contribution in [3.63, 3.8) is 0 Å². The molecule has 0 aliphatic carbocycles. The fourth-order valence-electron chi connectivity index (χ4n) is 3.64. The van der Waals surface area contributed by atoms with Crippen LogP contribution in [-0.4, -0.2) is 18.4 Å². The maximum absolute atomic E-state index is 13.5. The Morgan fingerprint density at radius 1 is 0.879 bits per heavy atom. The van der Waals surface area contributed by atoms with E-state index in [1.54, 1.807) is 24.3 Å². The quantitative estimate of drug-likeness (QED) is 0.480. The first kappa shape index (κ1) is 22.3. The number of halogens is 1. The van der Waals surface area contributed by atoms with Crippen molar-refractivity contribution in [2.75, 3.05) is 16.8 Å². The SMILES string of the molecule is CCCOc1ccc(C2=C(Nc3ccc(C)c(C)c3)C(=O)N(c3ccc(F)cc3)C2=O)cc1. The summed E-state index contributed by atoms with van der Waals surface area (Å²) in [6.07, 6.45) is 0.885. The highest BCUT2D eigenvalue weighted by atomic mass is 19.1. The Morgan fingerprint density at radius 3 is 2.21 bits per heavy atom. The molecule has 3 aromatic carbocycles. The molecule has 1 aliphatic heterocycles. The van der Waals surface area contributed by atoms with Crippen LogP contribution in [0.15, 0.2) is 72.4 Å². The van der Waals surface area contributed by atoms with Gasteiger partial charge in [0.25, 0.3) is 11.8 Å². The average Bonchev–Trinajstić information content (AvgIpc) is 3.05. The third-order valence-electron chi connectivity index (χ3n) is 5.56. The first-order valence-electron chi connectivity index (χ1n) is 10.8. The smallest absolute Gasteiger partial charge is 0.282 e. The lowest BCUT2D eigenvalue weighted by molar-refractivity contribution is -0.120. The molecule has 33 heavy (non-hydrogen) atoms. The van der Waals surface area contributed by atoms with Crippen molar-refractivity contribution < 1.29 is 18.7 Å². The van der Waals surface area contributed by atoms with Crippen molar-refractivity contribution in [2.24, 2.45) is 0 Å². The van der Waals surface area contributed by atoms with Crippen molar-refractivity contribution in [3.05, 3.63) is 94.9 Å². The van der Waals surface area contributed by atoms with Crippen molar-refractivity contribution in [1.29, 1.82) is 0 Å². The Balaban J connectivity index is 1.76. The van der Waals surface area contributed by atoms with E-state index < -0.39 is 17.6 Å². The number of carbonyl (C=O) groups is 2. The van der Waals surface area contributed by atoms with Crippen LogP contribution < -0.4 is 15.0 Å². The molecule has 5 nitrogen and oxygen atoms in total. The van der Waals surface area contributed by atoms with E-state index in [-0.39, 0.29) is 11.3 Å². The van der Waals surface area contributed by atoms with Gasteiger partial charge >= 0.3 is 0 Å². The number of anilines is 2. The molecule has 0 unspecified atom stereocenters. The summed E-state index contributed by atoms with van der Waals surface area (Å²) in [5.41, 5.74) is 4.22. The van der Waals surface area contributed by atoms with Gasteiger partial charge in [0.1, 0.15) is 17.3 Å². The number of hydrogen-bond acceptors (Lipinski definition) is 4. The molecule has 1 aliphatic rings. The van der Waals surface area contributed by atoms with Crippen LogP contribution in [0.4, 0.5) is 15.8 Å². The van der Waals surface area contributed by atoms with E-state index in [4.69, 9.17) is 4.74 Å². The molecule has 0 saturated heterocycles. The van der Waals surface area contributed by atoms with E-state index in [1.165, 1.54) is 24.3 Å². The number of aryl methyl sites for hydroxylation is 2. The predicted molar refractivity (Wildman–Crippen MR) is 128 cm³/mol. The second-order valence-corrected chi connectivity index (χ2v) is 7.97. The van der Waals surface area contributed by atoms with Gasteiger partial charge in [-0.3, -0.25) is 9.59 Å². The molecule has 6 heteroatoms. The second kappa shape index (κ2) is 9.28. The van der Waals surface area contributed by atoms with Crippen LogP contribution in [0.3, 0.4) is 0 Å². The molecule has 0 aromatic heterocycles. The van der Waals surface area contributed by atoms with Gasteiger partial charge in [-0.15, -0.1) is 0 Å². The second-order valence-electron chi connectivity index (χ2n) is 7.97. The van der Waals surface area contributed by atoms with Crippen molar-refractivity contribution in [3.8, 4) is 5.75 Å². The third-order valence-corrected chi connectivity index (χ3v) is 5.56. The fraction of sp³-hybridized carbons (Fsp3) is 0.185. The van der Waals surface area contributed by atoms with Crippen molar-refractivity contribution in [2.45, 2.75) is 27.2 Å². The third kappa shape index (κ3) is 4.51. The minimum atomic E-state index is -0.494. The number of carbonyl (C=O) groups excluding carboxylic acids is 2. The molecule has 4 rings (SSSR count). The summed E-state index contributed by atoms with van der Waals surface area (Å²) in [5, 5.41) is 3.16. The van der Waals surface area contributed by atoms with Crippen molar-refractivity contribution >= 4 is 28.8 Å². The zero-order valence-electron chi connectivity index (χ0n) is 18.8. The van der Waals surface area contributed by atoms with Crippen LogP contribution in [0.2, 0.25) is 0 Å². The maximum atomic E-state index is 13.5. The zero-order chi connectivity index (χ0) is 23.5. The number of nitrogens with one attached hydrogen (secondary N) is 1. The van der Waals surface area contributed by atoms with E-state index in [2.05, 4.69) is 5.32 Å². The molecule has 0 fully saturated rings. The van der Waals surface area contributed by atoms with E-state index >= 15 is 0 Å². The first-order valence-corrected chi connectivity index (χ1v) is 10.8. The summed E-state index contributed by atoms with van der Waals surface area (Å²) in [7, 11) is 0. The van der Waals surface area contributed by atoms with Gasteiger partial charge in [0.2, 0.25) is 0 Å². The molecule has 1 N–H and O–H groups in total. The number of nitrogens with zero attached hydrogens (tertiary/aromatic N) is 1. The molecule has 0 radical (unpaired) electrons. The standard InChI is InChI=1S/C27H25FN2O3/c1-4-15-33-23-13-6-19(7-14-23)24-25(29-21-10-5-17(2)18(3)16-21)27(32)30(26(24)31)22-11-8-20(28)9-12-22/h5-14,16,29H,4,15H2,1-3H3. The van der Waals surface area contributed by atoms with Crippen LogP contribution in [0.1, 0.15) is 30.0 Å². The van der Waals surface area contributed by atoms with E-state index in [9.17, 15) is 14.0 Å². The largest absolute Gasteiger partial charge is 0.494 e. The normalized spacial score (nSPS) is 13.6. The highest BCUT2D eigenvalue weighted by Crippen LogP contribution is 2.34. The number of rotatable bonds is 7. The van der Waals surface area contributed by atoms with Crippen LogP contribution in [0.5, 0.6) is 5.75 Å². The summed E-state index contributed by atoms with van der Waals surface area (Å²) in [4.78, 5) is 27.9. The number of benzene rings is 3. The lowest BCUT2D eigenvalue weighted by Gasteiger charge is -2.15. The number of amides is 2. The van der Waals surface area contributed by atoms with Gasteiger partial charge in [0.15, 0.2) is 0 Å². The van der Waals surface area contributed by atoms with Crippen LogP contribution in [0, 0.1) is 19.7 Å². The number of hydrogen-bond donors (Lipinski definition) is 1. The molecule has 2 amide bonds. The minimum absolute atomic E-state index is 0.176. The zero-order valence-corrected chi connectivity index (χ0v) is 18.8. The van der Waals surface area contributed by atoms with Gasteiger partial charge in [-0.05, 0) is 85.5 Å². The van der Waals surface area contributed by atoms with Gasteiger partial charge in [-0.1, -0.05) is 25.1 Å². The first-order chi connectivity index (χ1) is 15.9. The number of ether oxygens (including phenoxy) is 1. The molecule has 0 saturated carbocycles. The summed E-state index contributed by atoms with van der Waals surface area (Å²) < 4.78 is 19.1. The highest BCUT2D eigenvalue weighted by Gasteiger charge is 2.40. The van der Waals surface area contributed by atoms with Crippen LogP contribution >= 0.6 is 0 Å². The Hall–Kier alpha value is -3.93. The van der Waals surface area contributed by atoms with E-state index in [0.717, 1.165) is 22.4 Å². The summed E-state index contributed by atoms with van der Waals surface area (Å²) in [6.45, 7) is 6.61. The number of imide groups is 1. The summed E-state index contributed by atoms with van der Waals surface area (Å²) in [6, 6.07) is 18.1. The summed E-state index contributed by atoms with van der Waals surface area (Å²) >= 11 is 0. The molecule has 3 aromatic rings. The Bertz CT molecular complexity index is 1230. The Labute approximate surface area is 192 Å². The molecule has 0 bridgehead atoms. The lowest BCUT2D eigenvalue weighted by Crippen LogP contribution is -2.32. The maximum Gasteiger partial charge on any atom is 0.282 e. The lowest BCUT2D eigenvalue weighted by atomic mass is 10.0.